The zero-order valence-electron chi connectivity index (χ0n) is 15.2. The molecule has 0 amide bonds. The van der Waals surface area contributed by atoms with Gasteiger partial charge >= 0.3 is 0 Å². The van der Waals surface area contributed by atoms with Gasteiger partial charge < -0.3 is 10.0 Å². The van der Waals surface area contributed by atoms with E-state index in [0.717, 1.165) is 34.8 Å². The molecule has 1 N–H and O–H groups in total. The Kier molecular flexibility index (Phi) is 5.06. The van der Waals surface area contributed by atoms with Gasteiger partial charge in [-0.2, -0.15) is 0 Å². The third-order valence-corrected chi connectivity index (χ3v) is 6.60. The Labute approximate surface area is 162 Å². The van der Waals surface area contributed by atoms with E-state index in [1.165, 1.54) is 18.9 Å². The number of rotatable bonds is 4. The third kappa shape index (κ3) is 3.41. The van der Waals surface area contributed by atoms with Crippen molar-refractivity contribution < 1.29 is 10.0 Å². The minimum Gasteiger partial charge on any atom is -0.391 e. The summed E-state index contributed by atoms with van der Waals surface area (Å²) >= 11 is 1.67. The van der Waals surface area contributed by atoms with Crippen LogP contribution >= 0.6 is 11.8 Å². The summed E-state index contributed by atoms with van der Waals surface area (Å²) in [4.78, 5) is 18.2. The number of nitrogens with zero attached hydrogens (tertiary/aromatic N) is 3. The first kappa shape index (κ1) is 18.3. The molecule has 2 aromatic rings. The maximum absolute atomic E-state index is 11.3. The lowest BCUT2D eigenvalue weighted by Gasteiger charge is -2.33. The molecule has 27 heavy (non-hydrogen) atoms. The number of fused-ring (bicyclic) bond motifs is 1. The Hall–Kier alpha value is -2.12. The Morgan fingerprint density at radius 1 is 1.22 bits per heavy atom. The third-order valence-electron chi connectivity index (χ3n) is 5.53. The van der Waals surface area contributed by atoms with Gasteiger partial charge in [0.1, 0.15) is 0 Å². The molecule has 0 spiro atoms. The normalized spacial score (nSPS) is 23.4. The number of benzene rings is 2. The second-order valence-corrected chi connectivity index (χ2v) is 8.25. The first-order chi connectivity index (χ1) is 13.1. The monoisotopic (exact) mass is 385 g/mol. The molecular weight excluding hydrogens is 362 g/mol. The van der Waals surface area contributed by atoms with Crippen molar-refractivity contribution in [2.45, 2.75) is 50.8 Å². The van der Waals surface area contributed by atoms with Crippen LogP contribution in [0.3, 0.4) is 0 Å². The van der Waals surface area contributed by atoms with E-state index in [0.29, 0.717) is 11.4 Å². The molecular formula is C20H23N3O3S. The molecule has 2 aromatic carbocycles. The fourth-order valence-electron chi connectivity index (χ4n) is 4.15. The van der Waals surface area contributed by atoms with E-state index in [1.807, 2.05) is 25.1 Å². The Balaban J connectivity index is 1.78. The van der Waals surface area contributed by atoms with Gasteiger partial charge in [-0.05, 0) is 31.9 Å². The summed E-state index contributed by atoms with van der Waals surface area (Å²) in [6, 6.07) is 11.1. The highest BCUT2D eigenvalue weighted by molar-refractivity contribution is 8.14. The van der Waals surface area contributed by atoms with Crippen LogP contribution in [0.2, 0.25) is 0 Å². The summed E-state index contributed by atoms with van der Waals surface area (Å²) in [5, 5.41) is 23.9. The largest absolute Gasteiger partial charge is 0.391 e. The summed E-state index contributed by atoms with van der Waals surface area (Å²) < 4.78 is 0. The summed E-state index contributed by atoms with van der Waals surface area (Å²) in [7, 11) is 0. The fourth-order valence-corrected chi connectivity index (χ4v) is 5.51. The van der Waals surface area contributed by atoms with Gasteiger partial charge in [-0.3, -0.25) is 10.1 Å². The van der Waals surface area contributed by atoms with E-state index >= 15 is 0 Å². The smallest absolute Gasteiger partial charge is 0.277 e. The number of amidine groups is 1. The standard InChI is InChI=1S/C20H23N3O3S/c1-13(24)19-12-27-20(22(19)14-6-2-3-7-14)21-17-10-11-18(23(25)26)16-9-5-4-8-15(16)17/h4-5,8-11,13-14,19,24H,2-3,6-7,12H2,1H3/t13?,19-/m1/s1. The topological polar surface area (TPSA) is 79.0 Å². The van der Waals surface area contributed by atoms with E-state index in [-0.39, 0.29) is 16.7 Å². The molecule has 2 atom stereocenters. The van der Waals surface area contributed by atoms with E-state index in [2.05, 4.69) is 4.90 Å². The number of nitro groups is 1. The van der Waals surface area contributed by atoms with E-state index < -0.39 is 6.10 Å². The van der Waals surface area contributed by atoms with Crippen molar-refractivity contribution in [3.63, 3.8) is 0 Å². The Morgan fingerprint density at radius 3 is 2.59 bits per heavy atom. The van der Waals surface area contributed by atoms with Crippen molar-refractivity contribution in [3.8, 4) is 0 Å². The van der Waals surface area contributed by atoms with Crippen molar-refractivity contribution in [2.75, 3.05) is 5.75 Å². The Bertz CT molecular complexity index is 893. The molecule has 2 fully saturated rings. The van der Waals surface area contributed by atoms with Gasteiger partial charge in [0.05, 0.1) is 28.1 Å². The summed E-state index contributed by atoms with van der Waals surface area (Å²) in [6.07, 6.45) is 4.27. The highest BCUT2D eigenvalue weighted by Crippen LogP contribution is 2.38. The predicted octanol–water partition coefficient (Wildman–Crippen LogP) is 4.48. The summed E-state index contributed by atoms with van der Waals surface area (Å²) in [6.45, 7) is 1.84. The van der Waals surface area contributed by atoms with Gasteiger partial charge in [0.2, 0.25) is 0 Å². The number of aliphatic hydroxyl groups excluding tert-OH is 1. The molecule has 0 bridgehead atoms. The van der Waals surface area contributed by atoms with Gasteiger partial charge in [0.25, 0.3) is 5.69 Å². The average Bonchev–Trinajstić information content (AvgIpc) is 3.31. The zero-order chi connectivity index (χ0) is 19.0. The average molecular weight is 385 g/mol. The molecule has 7 heteroatoms. The van der Waals surface area contributed by atoms with E-state index in [9.17, 15) is 15.2 Å². The molecule has 1 saturated heterocycles. The molecule has 1 aliphatic heterocycles. The SMILES string of the molecule is CC(O)[C@H]1CSC(=Nc2ccc([N+](=O)[O-])c3ccccc23)N1C1CCCC1. The van der Waals surface area contributed by atoms with Crippen molar-refractivity contribution in [1.29, 1.82) is 0 Å². The number of hydrogen-bond acceptors (Lipinski definition) is 5. The van der Waals surface area contributed by atoms with Crippen LogP contribution in [0.4, 0.5) is 11.4 Å². The van der Waals surface area contributed by atoms with Crippen LogP contribution in [-0.4, -0.2) is 44.0 Å². The van der Waals surface area contributed by atoms with E-state index in [4.69, 9.17) is 4.99 Å². The first-order valence-corrected chi connectivity index (χ1v) is 10.4. The Morgan fingerprint density at radius 2 is 1.93 bits per heavy atom. The molecule has 0 radical (unpaired) electrons. The van der Waals surface area contributed by atoms with Gasteiger partial charge in [0.15, 0.2) is 5.17 Å². The highest BCUT2D eigenvalue weighted by atomic mass is 32.2. The molecule has 1 aliphatic carbocycles. The summed E-state index contributed by atoms with van der Waals surface area (Å²) in [5.41, 5.74) is 0.844. The second kappa shape index (κ2) is 7.48. The highest BCUT2D eigenvalue weighted by Gasteiger charge is 2.39. The molecule has 1 heterocycles. The maximum atomic E-state index is 11.3. The first-order valence-electron chi connectivity index (χ1n) is 9.40. The van der Waals surface area contributed by atoms with Gasteiger partial charge in [-0.1, -0.05) is 42.8 Å². The van der Waals surface area contributed by atoms with Gasteiger partial charge in [-0.25, -0.2) is 4.99 Å². The molecule has 2 aliphatic rings. The minimum absolute atomic E-state index is 0.0705. The number of hydrogen-bond donors (Lipinski definition) is 1. The molecule has 142 valence electrons. The fraction of sp³-hybridized carbons (Fsp3) is 0.450. The predicted molar refractivity (Wildman–Crippen MR) is 110 cm³/mol. The van der Waals surface area contributed by atoms with Crippen LogP contribution in [0.1, 0.15) is 32.6 Å². The molecule has 0 aromatic heterocycles. The lowest BCUT2D eigenvalue weighted by atomic mass is 10.1. The van der Waals surface area contributed by atoms with Crippen LogP contribution in [-0.2, 0) is 0 Å². The number of thioether (sulfide) groups is 1. The summed E-state index contributed by atoms with van der Waals surface area (Å²) in [5.74, 6) is 0.817. The van der Waals surface area contributed by atoms with E-state index in [1.54, 1.807) is 23.9 Å². The maximum Gasteiger partial charge on any atom is 0.277 e. The van der Waals surface area contributed by atoms with Crippen LogP contribution in [0.5, 0.6) is 0 Å². The minimum atomic E-state index is -0.417. The molecule has 1 unspecified atom stereocenters. The lowest BCUT2D eigenvalue weighted by Crippen LogP contribution is -2.46. The van der Waals surface area contributed by atoms with Crippen LogP contribution in [0, 0.1) is 10.1 Å². The second-order valence-electron chi connectivity index (χ2n) is 7.27. The van der Waals surface area contributed by atoms with Gasteiger partial charge in [0, 0.05) is 23.2 Å². The molecule has 1 saturated carbocycles. The van der Waals surface area contributed by atoms with Crippen LogP contribution in [0.25, 0.3) is 10.8 Å². The molecule has 6 nitrogen and oxygen atoms in total. The van der Waals surface area contributed by atoms with Crippen molar-refractivity contribution in [3.05, 3.63) is 46.5 Å². The van der Waals surface area contributed by atoms with Crippen molar-refractivity contribution in [2.24, 2.45) is 4.99 Å². The van der Waals surface area contributed by atoms with Crippen LogP contribution in [0.15, 0.2) is 41.4 Å². The number of aliphatic imine (C=N–C) groups is 1. The van der Waals surface area contributed by atoms with Gasteiger partial charge in [-0.15, -0.1) is 0 Å². The van der Waals surface area contributed by atoms with Crippen LogP contribution < -0.4 is 0 Å². The quantitative estimate of drug-likeness (QED) is 0.620. The zero-order valence-corrected chi connectivity index (χ0v) is 16.1. The number of nitro benzene ring substituents is 1. The molecule has 4 rings (SSSR count). The number of non-ortho nitro benzene ring substituents is 1. The van der Waals surface area contributed by atoms with Crippen molar-refractivity contribution in [1.82, 2.24) is 4.90 Å². The number of aliphatic hydroxyl groups is 1. The van der Waals surface area contributed by atoms with Crippen molar-refractivity contribution >= 4 is 39.1 Å². The lowest BCUT2D eigenvalue weighted by molar-refractivity contribution is -0.383.